The van der Waals surface area contributed by atoms with Crippen molar-refractivity contribution in [2.75, 3.05) is 18.0 Å². The molecule has 2 unspecified atom stereocenters. The highest BCUT2D eigenvalue weighted by atomic mass is 35.5. The summed E-state index contributed by atoms with van der Waals surface area (Å²) in [6.07, 6.45) is 1.61. The molecule has 3 nitrogen and oxygen atoms in total. The summed E-state index contributed by atoms with van der Waals surface area (Å²) in [6, 6.07) is 1.90. The van der Waals surface area contributed by atoms with E-state index in [9.17, 15) is 0 Å². The highest BCUT2D eigenvalue weighted by molar-refractivity contribution is 6.36. The summed E-state index contributed by atoms with van der Waals surface area (Å²) in [5, 5.41) is 1.14. The number of hydrogen-bond acceptors (Lipinski definition) is 3. The van der Waals surface area contributed by atoms with E-state index in [0.717, 1.165) is 18.9 Å². The minimum atomic E-state index is 0.193. The van der Waals surface area contributed by atoms with Crippen LogP contribution in [0.4, 0.5) is 5.82 Å². The molecular weight excluding hydrogens is 233 g/mol. The first-order valence-corrected chi connectivity index (χ1v) is 5.65. The van der Waals surface area contributed by atoms with Gasteiger partial charge in [-0.15, -0.1) is 0 Å². The van der Waals surface area contributed by atoms with Crippen molar-refractivity contribution in [2.45, 2.75) is 13.0 Å². The monoisotopic (exact) mass is 245 g/mol. The zero-order valence-corrected chi connectivity index (χ0v) is 9.96. The van der Waals surface area contributed by atoms with Crippen LogP contribution in [0.2, 0.25) is 10.0 Å². The van der Waals surface area contributed by atoms with Gasteiger partial charge in [0.25, 0.3) is 0 Å². The standard InChI is InChI=1S/C10H13Cl2N3/c1-6-4-15(5-9(6)13)10-8(12)2-7(11)3-14-10/h2-3,6,9H,4-5,13H2,1H3. The second-order valence-corrected chi connectivity index (χ2v) is 4.85. The average molecular weight is 246 g/mol. The number of halogens is 2. The van der Waals surface area contributed by atoms with Gasteiger partial charge < -0.3 is 10.6 Å². The van der Waals surface area contributed by atoms with E-state index in [1.54, 1.807) is 12.3 Å². The molecule has 82 valence electrons. The normalized spacial score (nSPS) is 26.0. The number of nitrogens with zero attached hydrogens (tertiary/aromatic N) is 2. The summed E-state index contributed by atoms with van der Waals surface area (Å²) in [6.45, 7) is 3.83. The number of hydrogen-bond donors (Lipinski definition) is 1. The topological polar surface area (TPSA) is 42.2 Å². The fourth-order valence-corrected chi connectivity index (χ4v) is 2.30. The Kier molecular flexibility index (Phi) is 3.05. The number of nitrogens with two attached hydrogens (primary N) is 1. The third-order valence-electron chi connectivity index (χ3n) is 2.76. The molecule has 0 aliphatic carbocycles. The smallest absolute Gasteiger partial charge is 0.147 e. The number of anilines is 1. The first-order chi connectivity index (χ1) is 7.08. The van der Waals surface area contributed by atoms with Gasteiger partial charge >= 0.3 is 0 Å². The molecule has 5 heteroatoms. The lowest BCUT2D eigenvalue weighted by atomic mass is 10.1. The SMILES string of the molecule is CC1CN(c2ncc(Cl)cc2Cl)CC1N. The van der Waals surface area contributed by atoms with E-state index in [1.807, 2.05) is 0 Å². The Labute approximate surface area is 99.2 Å². The van der Waals surface area contributed by atoms with E-state index in [2.05, 4.69) is 16.8 Å². The molecule has 0 saturated carbocycles. The summed E-state index contributed by atoms with van der Waals surface area (Å²) in [7, 11) is 0. The molecule has 0 spiro atoms. The van der Waals surface area contributed by atoms with Gasteiger partial charge in [-0.3, -0.25) is 0 Å². The first-order valence-electron chi connectivity index (χ1n) is 4.89. The predicted molar refractivity (Wildman–Crippen MR) is 63.6 cm³/mol. The molecule has 1 aliphatic rings. The van der Waals surface area contributed by atoms with Gasteiger partial charge in [0.1, 0.15) is 5.82 Å². The molecule has 1 aromatic rings. The van der Waals surface area contributed by atoms with E-state index in [1.165, 1.54) is 0 Å². The Balaban J connectivity index is 2.24. The molecule has 0 bridgehead atoms. The lowest BCUT2D eigenvalue weighted by Crippen LogP contribution is -2.28. The van der Waals surface area contributed by atoms with Crippen molar-refractivity contribution in [1.29, 1.82) is 0 Å². The number of aromatic nitrogens is 1. The van der Waals surface area contributed by atoms with Crippen molar-refractivity contribution >= 4 is 29.0 Å². The molecule has 0 amide bonds. The van der Waals surface area contributed by atoms with Crippen LogP contribution in [0.25, 0.3) is 0 Å². The van der Waals surface area contributed by atoms with Gasteiger partial charge in [0.2, 0.25) is 0 Å². The minimum Gasteiger partial charge on any atom is -0.353 e. The Morgan fingerprint density at radius 2 is 2.20 bits per heavy atom. The Hall–Kier alpha value is -0.510. The Morgan fingerprint density at radius 3 is 2.73 bits per heavy atom. The van der Waals surface area contributed by atoms with Gasteiger partial charge in [0.15, 0.2) is 0 Å². The molecule has 0 aromatic carbocycles. The summed E-state index contributed by atoms with van der Waals surface area (Å²) in [5.41, 5.74) is 5.95. The van der Waals surface area contributed by atoms with Crippen molar-refractivity contribution < 1.29 is 0 Å². The quantitative estimate of drug-likeness (QED) is 0.825. The predicted octanol–water partition coefficient (Wildman–Crippen LogP) is 2.17. The zero-order chi connectivity index (χ0) is 11.0. The van der Waals surface area contributed by atoms with Crippen molar-refractivity contribution in [3.63, 3.8) is 0 Å². The van der Waals surface area contributed by atoms with Crippen molar-refractivity contribution in [1.82, 2.24) is 4.98 Å². The fourth-order valence-electron chi connectivity index (χ4n) is 1.80. The van der Waals surface area contributed by atoms with Crippen LogP contribution in [0.1, 0.15) is 6.92 Å². The fraction of sp³-hybridized carbons (Fsp3) is 0.500. The van der Waals surface area contributed by atoms with Gasteiger partial charge in [-0.25, -0.2) is 4.98 Å². The average Bonchev–Trinajstić information content (AvgIpc) is 2.46. The molecule has 1 fully saturated rings. The van der Waals surface area contributed by atoms with E-state index >= 15 is 0 Å². The molecule has 1 aliphatic heterocycles. The second-order valence-electron chi connectivity index (χ2n) is 4.01. The molecule has 15 heavy (non-hydrogen) atoms. The summed E-state index contributed by atoms with van der Waals surface area (Å²) >= 11 is 11.9. The van der Waals surface area contributed by atoms with Gasteiger partial charge in [-0.05, 0) is 12.0 Å². The largest absolute Gasteiger partial charge is 0.353 e. The van der Waals surface area contributed by atoms with Crippen LogP contribution < -0.4 is 10.6 Å². The maximum atomic E-state index is 6.08. The van der Waals surface area contributed by atoms with E-state index in [0.29, 0.717) is 16.0 Å². The van der Waals surface area contributed by atoms with Crippen LogP contribution in [0.15, 0.2) is 12.3 Å². The van der Waals surface area contributed by atoms with Crippen LogP contribution in [0.5, 0.6) is 0 Å². The first kappa shape index (κ1) is 11.0. The summed E-state index contributed by atoms with van der Waals surface area (Å²) in [5.74, 6) is 1.25. The van der Waals surface area contributed by atoms with E-state index in [-0.39, 0.29) is 6.04 Å². The maximum absolute atomic E-state index is 6.08. The van der Waals surface area contributed by atoms with E-state index < -0.39 is 0 Å². The Morgan fingerprint density at radius 1 is 1.47 bits per heavy atom. The molecule has 0 radical (unpaired) electrons. The molecule has 2 atom stereocenters. The third kappa shape index (κ3) is 2.19. The van der Waals surface area contributed by atoms with Crippen LogP contribution >= 0.6 is 23.2 Å². The Bertz CT molecular complexity index is 360. The highest BCUT2D eigenvalue weighted by Crippen LogP contribution is 2.29. The molecule has 1 aromatic heterocycles. The molecular formula is C10H13Cl2N3. The van der Waals surface area contributed by atoms with Crippen molar-refractivity contribution in [3.8, 4) is 0 Å². The lowest BCUT2D eigenvalue weighted by Gasteiger charge is -2.18. The molecule has 2 heterocycles. The van der Waals surface area contributed by atoms with Crippen LogP contribution in [-0.2, 0) is 0 Å². The van der Waals surface area contributed by atoms with Gasteiger partial charge in [0, 0.05) is 25.3 Å². The van der Waals surface area contributed by atoms with Gasteiger partial charge in [-0.1, -0.05) is 30.1 Å². The lowest BCUT2D eigenvalue weighted by molar-refractivity contribution is 0.566. The molecule has 2 rings (SSSR count). The summed E-state index contributed by atoms with van der Waals surface area (Å²) in [4.78, 5) is 6.34. The number of rotatable bonds is 1. The third-order valence-corrected chi connectivity index (χ3v) is 3.24. The van der Waals surface area contributed by atoms with Gasteiger partial charge in [-0.2, -0.15) is 0 Å². The van der Waals surface area contributed by atoms with Crippen LogP contribution in [0, 0.1) is 5.92 Å². The summed E-state index contributed by atoms with van der Waals surface area (Å²) < 4.78 is 0. The number of pyridine rings is 1. The maximum Gasteiger partial charge on any atom is 0.147 e. The molecule has 1 saturated heterocycles. The van der Waals surface area contributed by atoms with Crippen LogP contribution in [0.3, 0.4) is 0 Å². The van der Waals surface area contributed by atoms with Crippen molar-refractivity contribution in [3.05, 3.63) is 22.3 Å². The van der Waals surface area contributed by atoms with Crippen LogP contribution in [-0.4, -0.2) is 24.1 Å². The highest BCUT2D eigenvalue weighted by Gasteiger charge is 2.28. The van der Waals surface area contributed by atoms with Crippen molar-refractivity contribution in [2.24, 2.45) is 11.7 Å². The van der Waals surface area contributed by atoms with E-state index in [4.69, 9.17) is 28.9 Å². The minimum absolute atomic E-state index is 0.193. The zero-order valence-electron chi connectivity index (χ0n) is 8.45. The second kappa shape index (κ2) is 4.16. The molecule has 2 N–H and O–H groups in total. The van der Waals surface area contributed by atoms with Gasteiger partial charge in [0.05, 0.1) is 10.0 Å².